The molecule has 0 radical (unpaired) electrons. The molecule has 0 spiro atoms. The van der Waals surface area contributed by atoms with Crippen LogP contribution in [0, 0.1) is 0 Å². The van der Waals surface area contributed by atoms with E-state index in [2.05, 4.69) is 222 Å². The second-order valence-corrected chi connectivity index (χ2v) is 33.6. The molecule has 0 unspecified atom stereocenters. The first-order valence-corrected chi connectivity index (χ1v) is 45.9. The maximum absolute atomic E-state index is 12.7. The highest BCUT2D eigenvalue weighted by Crippen LogP contribution is 2.39. The van der Waals surface area contributed by atoms with Gasteiger partial charge in [-0.3, -0.25) is 38.2 Å². The van der Waals surface area contributed by atoms with Gasteiger partial charge in [-0.1, -0.05) is 70.3 Å². The first-order chi connectivity index (χ1) is 68.1. The zero-order valence-corrected chi connectivity index (χ0v) is 77.8. The van der Waals surface area contributed by atoms with Crippen molar-refractivity contribution < 1.29 is 38.2 Å². The number of piperazine rings is 1. The number of amides is 5. The van der Waals surface area contributed by atoms with Crippen LogP contribution < -0.4 is 94.5 Å². The number of likely N-dealkylation sites (N-methyl/N-ethyl adjacent to an activating group) is 1. The van der Waals surface area contributed by atoms with E-state index in [1.54, 1.807) is 47.3 Å². The predicted octanol–water partition coefficient (Wildman–Crippen LogP) is 14.8. The Kier molecular flexibility index (Phi) is 29.5. The number of nitrogens with zero attached hydrogens (tertiary/aromatic N) is 16. The standard InChI is InChI=1S/C31H36N8O3.C26H27N7O2.C22H24N8O2.C22H22N8O/c1-4-27(40)38(5-2)24-8-6-7-22(15-24)34-31-35-26-16-32-30(41)28(26)29(36-31)33-21-9-11-23(12-10-21)39-14-13-37(17-20(39)3)25-18-42-19-25;1-3-17(2)28-19-5-4-6-20(15-19)30-26-31-22-16-27-25(34)23(22)24(32-26)29-18-7-9-21(10-8-18)33-11-13-35-14-12-33;1-4-14(2)25-15-6-5-7-16(10-15)27-22-28-18-12-23-21(31)19(18)20(29-22)26-17-11-24-30(13-17)8-9-32-3;1-3-13(2)25-14-5-4-6-15(9-14)27-22-28-18-11-23-21(31)19(18)20(29-22)26-16-10-24-30(12-16)17-7-8-17/h4,6-12,15,20,25H,1,5,13-14,16-19H2,2-3H3,(H,32,41)(H2,33,34,35,36);3-10,15,28H,1-2,11-14,16H2,(H,27,34)(H2,29,30,31,32);4-7,10-11,13,25H,1-2,8-9,12H2,3H3,(H,23,31)(H2,26,27,28,29);3-6,9-10,12,17,25H,1-2,7-8,11H2,(H,23,31)(H2,26,27,28,29)/t20-;;;/m0.../s1. The van der Waals surface area contributed by atoms with Gasteiger partial charge in [0.25, 0.3) is 23.6 Å². The summed E-state index contributed by atoms with van der Waals surface area (Å²) in [6, 6.07) is 48.2. The van der Waals surface area contributed by atoms with Gasteiger partial charge in [-0.15, -0.1) is 0 Å². The van der Waals surface area contributed by atoms with E-state index >= 15 is 0 Å². The van der Waals surface area contributed by atoms with Gasteiger partial charge in [-0.05, 0) is 172 Å². The van der Waals surface area contributed by atoms with Gasteiger partial charge >= 0.3 is 0 Å². The number of nitrogens with one attached hydrogen (secondary N) is 15. The maximum atomic E-state index is 12.7. The van der Waals surface area contributed by atoms with Gasteiger partial charge in [-0.25, -0.2) is 19.9 Å². The quantitative estimate of drug-likeness (QED) is 0.0130. The van der Waals surface area contributed by atoms with Crippen molar-refractivity contribution in [3.05, 3.63) is 303 Å². The second kappa shape index (κ2) is 43.7. The molecule has 5 amide bonds. The summed E-state index contributed by atoms with van der Waals surface area (Å²) in [6.07, 6.45) is 15.7. The number of anilines is 22. The predicted molar refractivity (Wildman–Crippen MR) is 545 cm³/mol. The number of rotatable bonds is 35. The highest BCUT2D eigenvalue weighted by atomic mass is 16.5. The number of ether oxygens (including phenoxy) is 3. The third kappa shape index (κ3) is 23.3. The summed E-state index contributed by atoms with van der Waals surface area (Å²) in [5.41, 5.74) is 18.3. The number of hydrogen-bond donors (Lipinski definition) is 15. The second-order valence-electron chi connectivity index (χ2n) is 33.6. The van der Waals surface area contributed by atoms with E-state index in [-0.39, 0.29) is 29.5 Å². The van der Waals surface area contributed by atoms with Gasteiger partial charge in [0.2, 0.25) is 29.7 Å². The highest BCUT2D eigenvalue weighted by Gasteiger charge is 2.36. The van der Waals surface area contributed by atoms with Crippen LogP contribution in [-0.4, -0.2) is 185 Å². The summed E-state index contributed by atoms with van der Waals surface area (Å²) >= 11 is 0. The molecular formula is C101H109N31O8. The first-order valence-electron chi connectivity index (χ1n) is 45.9. The van der Waals surface area contributed by atoms with Gasteiger partial charge in [0.15, 0.2) is 0 Å². The van der Waals surface area contributed by atoms with E-state index in [9.17, 15) is 24.0 Å². The van der Waals surface area contributed by atoms with Crippen molar-refractivity contribution in [2.75, 3.05) is 153 Å². The van der Waals surface area contributed by atoms with E-state index in [0.29, 0.717) is 179 Å². The summed E-state index contributed by atoms with van der Waals surface area (Å²) in [7, 11) is 1.64. The molecule has 1 aliphatic carbocycles. The Morgan fingerprint density at radius 1 is 0.457 bits per heavy atom. The van der Waals surface area contributed by atoms with Crippen molar-refractivity contribution in [2.24, 2.45) is 0 Å². The van der Waals surface area contributed by atoms with E-state index in [1.165, 1.54) is 11.8 Å². The lowest BCUT2D eigenvalue weighted by Gasteiger charge is -2.46. The number of methoxy groups -OCH3 is 1. The lowest BCUT2D eigenvalue weighted by molar-refractivity contribution is -0.114. The Morgan fingerprint density at radius 3 is 1.26 bits per heavy atom. The molecule has 3 saturated heterocycles. The topological polar surface area (TPSA) is 445 Å². The molecule has 13 heterocycles. The minimum Gasteiger partial charge on any atom is -0.383 e. The number of hydrogen-bond acceptors (Lipinski definition) is 32. The number of fused-ring (bicyclic) bond motifs is 4. The summed E-state index contributed by atoms with van der Waals surface area (Å²) in [6.45, 7) is 41.5. The molecule has 6 aromatic carbocycles. The molecule has 1 atom stereocenters. The van der Waals surface area contributed by atoms with Gasteiger partial charge < -0.3 is 109 Å². The summed E-state index contributed by atoms with van der Waals surface area (Å²) < 4.78 is 19.6. The van der Waals surface area contributed by atoms with Crippen molar-refractivity contribution in [1.29, 1.82) is 0 Å². The van der Waals surface area contributed by atoms with Crippen molar-refractivity contribution in [1.82, 2.24) is 85.6 Å². The van der Waals surface area contributed by atoms with Crippen molar-refractivity contribution in [3.8, 4) is 0 Å². The van der Waals surface area contributed by atoms with Crippen molar-refractivity contribution in [2.45, 2.75) is 77.5 Å². The van der Waals surface area contributed by atoms with Crippen LogP contribution in [0.3, 0.4) is 0 Å². The van der Waals surface area contributed by atoms with E-state index < -0.39 is 0 Å². The molecular weight excluding hydrogens is 1780 g/mol. The van der Waals surface area contributed by atoms with Crippen LogP contribution in [0.5, 0.6) is 0 Å². The van der Waals surface area contributed by atoms with Gasteiger partial charge in [0.05, 0.1) is 124 Å². The average Bonchev–Trinajstić information content (AvgIpc) is 1.64. The summed E-state index contributed by atoms with van der Waals surface area (Å²) in [4.78, 5) is 108. The Morgan fingerprint density at radius 2 is 0.864 bits per heavy atom. The fourth-order valence-corrected chi connectivity index (χ4v) is 16.3. The van der Waals surface area contributed by atoms with E-state index in [1.807, 2.05) is 145 Å². The van der Waals surface area contributed by atoms with Crippen LogP contribution in [0.2, 0.25) is 0 Å². The largest absolute Gasteiger partial charge is 0.383 e. The van der Waals surface area contributed by atoms with E-state index in [4.69, 9.17) is 14.2 Å². The van der Waals surface area contributed by atoms with Crippen LogP contribution in [-0.2, 0) is 51.7 Å². The van der Waals surface area contributed by atoms with E-state index in [0.717, 1.165) is 140 Å². The number of aromatic nitrogens is 12. The zero-order chi connectivity index (χ0) is 97.3. The number of carbonyl (C=O) groups excluding carboxylic acids is 5. The minimum atomic E-state index is -0.213. The van der Waals surface area contributed by atoms with Crippen LogP contribution in [0.25, 0.3) is 0 Å². The minimum absolute atomic E-state index is 0.175. The Bertz CT molecular complexity index is 6710. The summed E-state index contributed by atoms with van der Waals surface area (Å²) in [5.74, 6) is 2.30. The number of benzene rings is 6. The molecule has 15 N–H and O–H groups in total. The average molecular weight is 1890 g/mol. The van der Waals surface area contributed by atoms with Gasteiger partial charge in [0.1, 0.15) is 45.5 Å². The lowest BCUT2D eigenvalue weighted by Crippen LogP contribution is -2.59. The molecule has 39 nitrogen and oxygen atoms in total. The van der Waals surface area contributed by atoms with Crippen molar-refractivity contribution in [3.63, 3.8) is 0 Å². The molecule has 39 heteroatoms. The third-order valence-corrected chi connectivity index (χ3v) is 23.7. The molecule has 12 aromatic rings. The number of carbonyl (C=O) groups is 5. The first kappa shape index (κ1) is 94.6. The molecule has 6 aromatic heterocycles. The summed E-state index contributed by atoms with van der Waals surface area (Å²) in [5, 5.41) is 55.4. The highest BCUT2D eigenvalue weighted by molar-refractivity contribution is 6.06. The van der Waals surface area contributed by atoms with Gasteiger partial charge in [0, 0.05) is 150 Å². The lowest BCUT2D eigenvalue weighted by atomic mass is 10.1. The SMILES string of the molecule is C=CC(=C)Nc1cccc(Nc2nc3c(c(Nc4ccc(N5CCOCC5)cc4)n2)C(=O)NC3)c1.C=CC(=C)Nc1cccc(Nc2nc3c(c(Nc4cnn(C5CC5)c4)n2)C(=O)NC3)c1.C=CC(=C)Nc1cccc(Nc2nc3c(c(Nc4cnn(CCOC)c4)n2)C(=O)NC3)c1.C=CC(=O)N(CC)c1cccc(Nc2nc3c(c(Nc4ccc(N5CCN(C6COC6)C[C@@H]5C)cc4)n2)C(=O)NC3)c1. The van der Waals surface area contributed by atoms with Crippen LogP contribution >= 0.6 is 0 Å². The number of allylic oxidation sites excluding steroid dienone is 3. The molecule has 716 valence electrons. The number of morpholine rings is 1. The Hall–Kier alpha value is -17.2. The monoisotopic (exact) mass is 1880 g/mol. The van der Waals surface area contributed by atoms with Crippen molar-refractivity contribution >= 4 is 156 Å². The third-order valence-electron chi connectivity index (χ3n) is 23.7. The normalized spacial score (nSPS) is 15.2. The van der Waals surface area contributed by atoms with Crippen LogP contribution in [0.1, 0.15) is 96.9 Å². The maximum Gasteiger partial charge on any atom is 0.257 e. The molecule has 1 saturated carbocycles. The molecule has 0 bridgehead atoms. The zero-order valence-electron chi connectivity index (χ0n) is 77.8. The Balaban J connectivity index is 0.000000130. The fraction of sp³-hybridized carbons (Fsp3) is 0.238. The smallest absolute Gasteiger partial charge is 0.257 e. The molecule has 4 fully saturated rings. The molecule has 8 aliphatic rings. The fourth-order valence-electron chi connectivity index (χ4n) is 16.3. The Labute approximate surface area is 808 Å². The molecule has 20 rings (SSSR count). The molecule has 140 heavy (non-hydrogen) atoms. The van der Waals surface area contributed by atoms with Crippen LogP contribution in [0.4, 0.5) is 127 Å². The van der Waals surface area contributed by atoms with Gasteiger partial charge in [-0.2, -0.15) is 30.1 Å². The van der Waals surface area contributed by atoms with Crippen LogP contribution in [0.15, 0.2) is 258 Å². The molecule has 7 aliphatic heterocycles.